The number of rotatable bonds is 2. The van der Waals surface area contributed by atoms with Crippen LogP contribution >= 0.6 is 0 Å². The molecule has 1 aliphatic carbocycles. The Balaban J connectivity index is 2.37. The molecule has 1 aliphatic rings. The molecule has 1 nitrogen and oxygen atoms in total. The Morgan fingerprint density at radius 2 is 1.75 bits per heavy atom. The maximum Gasteiger partial charge on any atom is 0.136 e. The van der Waals surface area contributed by atoms with Gasteiger partial charge in [0.1, 0.15) is 5.78 Å². The Hall–Kier alpha value is -0.330. The van der Waals surface area contributed by atoms with Crippen molar-refractivity contribution in [2.75, 3.05) is 0 Å². The first-order valence-corrected chi connectivity index (χ1v) is 5.02. The van der Waals surface area contributed by atoms with E-state index >= 15 is 0 Å². The normalized spacial score (nSPS) is 19.9. The molecule has 0 heterocycles. The van der Waals surface area contributed by atoms with Crippen molar-refractivity contribution in [1.82, 2.24) is 0 Å². The number of hydrogen-bond donors (Lipinski definition) is 0. The Kier molecular flexibility index (Phi) is 2.92. The summed E-state index contributed by atoms with van der Waals surface area (Å²) in [4.78, 5) is 11.7. The first-order chi connectivity index (χ1) is 5.49. The Bertz CT molecular complexity index is 158. The standard InChI is InChI=1S/C11H20O/c1-11(2,3)8-10(12)9-6-4-5-7-9/h9H,4-8H2,1-3H3. The minimum Gasteiger partial charge on any atom is -0.299 e. The fourth-order valence-electron chi connectivity index (χ4n) is 1.91. The molecule has 0 aromatic rings. The van der Waals surface area contributed by atoms with E-state index in [-0.39, 0.29) is 5.41 Å². The summed E-state index contributed by atoms with van der Waals surface area (Å²) in [6.07, 6.45) is 5.59. The van der Waals surface area contributed by atoms with Crippen molar-refractivity contribution in [2.24, 2.45) is 11.3 Å². The van der Waals surface area contributed by atoms with Crippen LogP contribution in [0.3, 0.4) is 0 Å². The van der Waals surface area contributed by atoms with Crippen LogP contribution in [0.2, 0.25) is 0 Å². The molecule has 1 rings (SSSR count). The highest BCUT2D eigenvalue weighted by Gasteiger charge is 2.25. The zero-order valence-electron chi connectivity index (χ0n) is 8.52. The minimum absolute atomic E-state index is 0.180. The third-order valence-electron chi connectivity index (χ3n) is 2.52. The van der Waals surface area contributed by atoms with Crippen molar-refractivity contribution in [3.05, 3.63) is 0 Å². The molecule has 0 amide bonds. The molecule has 0 aromatic carbocycles. The van der Waals surface area contributed by atoms with Crippen LogP contribution < -0.4 is 0 Å². The second-order valence-corrected chi connectivity index (χ2v) is 5.19. The largest absolute Gasteiger partial charge is 0.299 e. The third kappa shape index (κ3) is 2.96. The van der Waals surface area contributed by atoms with Crippen molar-refractivity contribution >= 4 is 5.78 Å². The highest BCUT2D eigenvalue weighted by atomic mass is 16.1. The predicted octanol–water partition coefficient (Wildman–Crippen LogP) is 3.18. The van der Waals surface area contributed by atoms with Crippen LogP contribution in [0.25, 0.3) is 0 Å². The molecular formula is C11H20O. The minimum atomic E-state index is 0.180. The molecule has 1 saturated carbocycles. The van der Waals surface area contributed by atoms with Gasteiger partial charge in [0.25, 0.3) is 0 Å². The quantitative estimate of drug-likeness (QED) is 0.619. The molecule has 1 heteroatoms. The maximum absolute atomic E-state index is 11.7. The second kappa shape index (κ2) is 3.59. The van der Waals surface area contributed by atoms with Gasteiger partial charge >= 0.3 is 0 Å². The molecule has 70 valence electrons. The molecule has 0 spiro atoms. The van der Waals surface area contributed by atoms with Gasteiger partial charge in [0.15, 0.2) is 0 Å². The topological polar surface area (TPSA) is 17.1 Å². The van der Waals surface area contributed by atoms with Gasteiger partial charge in [-0.25, -0.2) is 0 Å². The Labute approximate surface area is 75.5 Å². The molecule has 0 atom stereocenters. The monoisotopic (exact) mass is 168 g/mol. The number of carbonyl (C=O) groups is 1. The lowest BCUT2D eigenvalue weighted by atomic mass is 9.85. The van der Waals surface area contributed by atoms with Crippen molar-refractivity contribution in [3.8, 4) is 0 Å². The van der Waals surface area contributed by atoms with Crippen LogP contribution in [0.1, 0.15) is 52.9 Å². The van der Waals surface area contributed by atoms with Gasteiger partial charge in [0.05, 0.1) is 0 Å². The molecule has 0 unspecified atom stereocenters. The van der Waals surface area contributed by atoms with E-state index in [9.17, 15) is 4.79 Å². The van der Waals surface area contributed by atoms with Crippen LogP contribution in [0.4, 0.5) is 0 Å². The summed E-state index contributed by atoms with van der Waals surface area (Å²) < 4.78 is 0. The first-order valence-electron chi connectivity index (χ1n) is 5.02. The van der Waals surface area contributed by atoms with E-state index in [1.165, 1.54) is 12.8 Å². The van der Waals surface area contributed by atoms with Crippen LogP contribution in [0.5, 0.6) is 0 Å². The number of ketones is 1. The third-order valence-corrected chi connectivity index (χ3v) is 2.52. The maximum atomic E-state index is 11.7. The number of hydrogen-bond acceptors (Lipinski definition) is 1. The van der Waals surface area contributed by atoms with E-state index < -0.39 is 0 Å². The molecule has 0 bridgehead atoms. The van der Waals surface area contributed by atoms with Crippen molar-refractivity contribution < 1.29 is 4.79 Å². The zero-order chi connectivity index (χ0) is 9.19. The summed E-state index contributed by atoms with van der Waals surface area (Å²) in [5.41, 5.74) is 0.180. The van der Waals surface area contributed by atoms with Crippen LogP contribution in [0, 0.1) is 11.3 Å². The number of Topliss-reactive ketones (excluding diaryl/α,β-unsaturated/α-hetero) is 1. The zero-order valence-corrected chi connectivity index (χ0v) is 8.52. The average molecular weight is 168 g/mol. The van der Waals surface area contributed by atoms with Crippen molar-refractivity contribution in [2.45, 2.75) is 52.9 Å². The Morgan fingerprint density at radius 1 is 1.25 bits per heavy atom. The van der Waals surface area contributed by atoms with Gasteiger partial charge < -0.3 is 0 Å². The lowest BCUT2D eigenvalue weighted by molar-refractivity contribution is -0.124. The van der Waals surface area contributed by atoms with Gasteiger partial charge in [-0.3, -0.25) is 4.79 Å². The van der Waals surface area contributed by atoms with E-state index in [2.05, 4.69) is 20.8 Å². The van der Waals surface area contributed by atoms with E-state index in [1.807, 2.05) is 0 Å². The van der Waals surface area contributed by atoms with Gasteiger partial charge in [-0.15, -0.1) is 0 Å². The number of carbonyl (C=O) groups excluding carboxylic acids is 1. The van der Waals surface area contributed by atoms with Crippen LogP contribution in [-0.4, -0.2) is 5.78 Å². The van der Waals surface area contributed by atoms with E-state index in [4.69, 9.17) is 0 Å². The fraction of sp³-hybridized carbons (Fsp3) is 0.909. The summed E-state index contributed by atoms with van der Waals surface area (Å²) in [5.74, 6) is 0.907. The van der Waals surface area contributed by atoms with E-state index in [1.54, 1.807) is 0 Å². The van der Waals surface area contributed by atoms with Gasteiger partial charge in [-0.05, 0) is 18.3 Å². The summed E-state index contributed by atoms with van der Waals surface area (Å²) in [6, 6.07) is 0. The molecule has 0 aromatic heterocycles. The van der Waals surface area contributed by atoms with Gasteiger partial charge in [0, 0.05) is 12.3 Å². The van der Waals surface area contributed by atoms with Crippen LogP contribution in [0.15, 0.2) is 0 Å². The molecule has 12 heavy (non-hydrogen) atoms. The van der Waals surface area contributed by atoms with Crippen molar-refractivity contribution in [1.29, 1.82) is 0 Å². The Morgan fingerprint density at radius 3 is 2.17 bits per heavy atom. The summed E-state index contributed by atoms with van der Waals surface area (Å²) in [6.45, 7) is 6.42. The van der Waals surface area contributed by atoms with E-state index in [0.29, 0.717) is 11.7 Å². The highest BCUT2D eigenvalue weighted by Crippen LogP contribution is 2.30. The summed E-state index contributed by atoms with van der Waals surface area (Å²) in [7, 11) is 0. The second-order valence-electron chi connectivity index (χ2n) is 5.19. The highest BCUT2D eigenvalue weighted by molar-refractivity contribution is 5.81. The molecule has 1 fully saturated rings. The first kappa shape index (κ1) is 9.76. The lowest BCUT2D eigenvalue weighted by Crippen LogP contribution is -2.18. The summed E-state index contributed by atoms with van der Waals surface area (Å²) >= 11 is 0. The van der Waals surface area contributed by atoms with Gasteiger partial charge in [-0.1, -0.05) is 33.6 Å². The smallest absolute Gasteiger partial charge is 0.136 e. The van der Waals surface area contributed by atoms with Crippen molar-refractivity contribution in [3.63, 3.8) is 0 Å². The molecule has 0 saturated heterocycles. The van der Waals surface area contributed by atoms with Gasteiger partial charge in [-0.2, -0.15) is 0 Å². The van der Waals surface area contributed by atoms with Crippen LogP contribution in [-0.2, 0) is 4.79 Å². The average Bonchev–Trinajstić information content (AvgIpc) is 2.32. The lowest BCUT2D eigenvalue weighted by Gasteiger charge is -2.19. The molecule has 0 N–H and O–H groups in total. The fourth-order valence-corrected chi connectivity index (χ4v) is 1.91. The predicted molar refractivity (Wildman–Crippen MR) is 51.0 cm³/mol. The van der Waals surface area contributed by atoms with Gasteiger partial charge in [0.2, 0.25) is 0 Å². The summed E-state index contributed by atoms with van der Waals surface area (Å²) in [5, 5.41) is 0. The molecular weight excluding hydrogens is 148 g/mol. The molecule has 0 aliphatic heterocycles. The SMILES string of the molecule is CC(C)(C)CC(=O)C1CCCC1. The molecule has 0 radical (unpaired) electrons. The van der Waals surface area contributed by atoms with E-state index in [0.717, 1.165) is 19.3 Å².